The third-order valence-electron chi connectivity index (χ3n) is 3.94. The first kappa shape index (κ1) is 16.8. The highest BCUT2D eigenvalue weighted by atomic mass is 19.1. The number of hydrogen-bond donors (Lipinski definition) is 2. The van der Waals surface area contributed by atoms with Crippen LogP contribution in [0.15, 0.2) is 42.7 Å². The molecule has 0 radical (unpaired) electrons. The van der Waals surface area contributed by atoms with Crippen molar-refractivity contribution in [1.29, 1.82) is 0 Å². The molecule has 2 N–H and O–H groups in total. The molecular weight excluding hydrogens is 323 g/mol. The molecule has 0 saturated heterocycles. The molecule has 1 amide bonds. The summed E-state index contributed by atoms with van der Waals surface area (Å²) in [7, 11) is 0. The third kappa shape index (κ3) is 4.09. The van der Waals surface area contributed by atoms with Crippen LogP contribution in [-0.4, -0.2) is 37.1 Å². The van der Waals surface area contributed by atoms with Gasteiger partial charge in [0.25, 0.3) is 5.91 Å². The molecule has 1 aromatic carbocycles. The zero-order valence-electron chi connectivity index (χ0n) is 14.0. The molecule has 0 bridgehead atoms. The minimum Gasteiger partial charge on any atom is -0.346 e. The molecule has 0 spiro atoms. The lowest BCUT2D eigenvalue weighted by Crippen LogP contribution is -2.41. The van der Waals surface area contributed by atoms with Gasteiger partial charge in [-0.05, 0) is 36.2 Å². The van der Waals surface area contributed by atoms with Crippen molar-refractivity contribution in [3.8, 4) is 11.3 Å². The number of aromatic amines is 1. The molecule has 0 aliphatic heterocycles. The van der Waals surface area contributed by atoms with E-state index in [1.54, 1.807) is 35.3 Å². The minimum absolute atomic E-state index is 0.105. The Balaban J connectivity index is 1.70. The second-order valence-corrected chi connectivity index (χ2v) is 6.12. The van der Waals surface area contributed by atoms with Gasteiger partial charge in [0.2, 0.25) is 0 Å². The van der Waals surface area contributed by atoms with Crippen LogP contribution in [0.3, 0.4) is 0 Å². The Labute approximate surface area is 144 Å². The molecule has 0 aliphatic carbocycles. The average Bonchev–Trinajstić information content (AvgIpc) is 3.26. The number of H-pyrrole nitrogens is 1. The van der Waals surface area contributed by atoms with E-state index in [2.05, 4.69) is 25.8 Å². The van der Waals surface area contributed by atoms with E-state index >= 15 is 0 Å². The fraction of sp³-hybridized carbons (Fsp3) is 0.294. The predicted octanol–water partition coefficient (Wildman–Crippen LogP) is 2.26. The van der Waals surface area contributed by atoms with Crippen LogP contribution in [0.4, 0.5) is 4.39 Å². The number of aromatic nitrogens is 5. The highest BCUT2D eigenvalue weighted by molar-refractivity contribution is 5.93. The summed E-state index contributed by atoms with van der Waals surface area (Å²) in [5.74, 6) is -0.350. The standard InChI is InChI=1S/C17H19FN6O/c1-11(2)16(10-24-8-7-19-23-24)20-17(25)15-9-14(21-22-15)12-3-5-13(18)6-4-12/h3-9,11,16H,10H2,1-2H3,(H,20,25)(H,21,22). The maximum Gasteiger partial charge on any atom is 0.269 e. The Morgan fingerprint density at radius 1 is 1.32 bits per heavy atom. The molecule has 2 aromatic heterocycles. The first-order valence-electron chi connectivity index (χ1n) is 7.99. The van der Waals surface area contributed by atoms with Crippen LogP contribution in [0.2, 0.25) is 0 Å². The second-order valence-electron chi connectivity index (χ2n) is 6.12. The molecule has 130 valence electrons. The molecule has 0 aliphatic rings. The smallest absolute Gasteiger partial charge is 0.269 e. The van der Waals surface area contributed by atoms with Gasteiger partial charge in [-0.25, -0.2) is 4.39 Å². The van der Waals surface area contributed by atoms with E-state index in [1.807, 2.05) is 13.8 Å². The molecule has 3 rings (SSSR count). The topological polar surface area (TPSA) is 88.5 Å². The summed E-state index contributed by atoms with van der Waals surface area (Å²) in [5, 5.41) is 17.6. The molecule has 0 saturated carbocycles. The highest BCUT2D eigenvalue weighted by Gasteiger charge is 2.19. The van der Waals surface area contributed by atoms with Crippen molar-refractivity contribution in [2.75, 3.05) is 0 Å². The summed E-state index contributed by atoms with van der Waals surface area (Å²) in [6.45, 7) is 4.58. The lowest BCUT2D eigenvalue weighted by atomic mass is 10.0. The van der Waals surface area contributed by atoms with Gasteiger partial charge in [-0.3, -0.25) is 14.6 Å². The van der Waals surface area contributed by atoms with E-state index in [1.165, 1.54) is 12.1 Å². The van der Waals surface area contributed by atoms with E-state index in [0.717, 1.165) is 5.56 Å². The van der Waals surface area contributed by atoms with E-state index in [0.29, 0.717) is 17.9 Å². The van der Waals surface area contributed by atoms with Gasteiger partial charge in [0, 0.05) is 11.8 Å². The number of rotatable bonds is 6. The minimum atomic E-state index is -0.315. The van der Waals surface area contributed by atoms with Crippen LogP contribution in [0, 0.1) is 11.7 Å². The van der Waals surface area contributed by atoms with Crippen molar-refractivity contribution in [2.45, 2.75) is 26.4 Å². The lowest BCUT2D eigenvalue weighted by molar-refractivity contribution is 0.0914. The number of benzene rings is 1. The molecule has 0 fully saturated rings. The van der Waals surface area contributed by atoms with E-state index in [-0.39, 0.29) is 23.7 Å². The summed E-state index contributed by atoms with van der Waals surface area (Å²) in [4.78, 5) is 12.5. The maximum absolute atomic E-state index is 13.0. The van der Waals surface area contributed by atoms with Gasteiger partial charge in [0.05, 0.1) is 24.5 Å². The van der Waals surface area contributed by atoms with Gasteiger partial charge in [0.15, 0.2) is 0 Å². The molecule has 25 heavy (non-hydrogen) atoms. The quantitative estimate of drug-likeness (QED) is 0.719. The molecular formula is C17H19FN6O. The molecule has 3 aromatic rings. The normalized spacial score (nSPS) is 12.3. The first-order chi connectivity index (χ1) is 12.0. The van der Waals surface area contributed by atoms with Crippen LogP contribution >= 0.6 is 0 Å². The second kappa shape index (κ2) is 7.25. The third-order valence-corrected chi connectivity index (χ3v) is 3.94. The van der Waals surface area contributed by atoms with Crippen molar-refractivity contribution >= 4 is 5.91 Å². The van der Waals surface area contributed by atoms with Gasteiger partial charge in [-0.15, -0.1) is 5.10 Å². The van der Waals surface area contributed by atoms with Gasteiger partial charge < -0.3 is 5.32 Å². The Bertz CT molecular complexity index is 825. The number of nitrogens with one attached hydrogen (secondary N) is 2. The van der Waals surface area contributed by atoms with Crippen LogP contribution in [0.25, 0.3) is 11.3 Å². The fourth-order valence-electron chi connectivity index (χ4n) is 2.41. The van der Waals surface area contributed by atoms with Crippen LogP contribution < -0.4 is 5.32 Å². The number of carbonyl (C=O) groups excluding carboxylic acids is 1. The maximum atomic E-state index is 13.0. The van der Waals surface area contributed by atoms with Crippen LogP contribution in [0.1, 0.15) is 24.3 Å². The Morgan fingerprint density at radius 3 is 2.72 bits per heavy atom. The molecule has 1 unspecified atom stereocenters. The Morgan fingerprint density at radius 2 is 2.08 bits per heavy atom. The monoisotopic (exact) mass is 342 g/mol. The van der Waals surface area contributed by atoms with Crippen molar-refractivity contribution in [1.82, 2.24) is 30.5 Å². The van der Waals surface area contributed by atoms with E-state index in [4.69, 9.17) is 0 Å². The first-order valence-corrected chi connectivity index (χ1v) is 7.99. The summed E-state index contributed by atoms with van der Waals surface area (Å²) in [6.07, 6.45) is 3.35. The van der Waals surface area contributed by atoms with Gasteiger partial charge >= 0.3 is 0 Å². The van der Waals surface area contributed by atoms with Crippen LogP contribution in [-0.2, 0) is 6.54 Å². The number of hydrogen-bond acceptors (Lipinski definition) is 4. The van der Waals surface area contributed by atoms with E-state index in [9.17, 15) is 9.18 Å². The molecule has 7 nitrogen and oxygen atoms in total. The number of halogens is 1. The highest BCUT2D eigenvalue weighted by Crippen LogP contribution is 2.18. The van der Waals surface area contributed by atoms with Gasteiger partial charge in [0.1, 0.15) is 11.5 Å². The van der Waals surface area contributed by atoms with Crippen molar-refractivity contribution in [3.63, 3.8) is 0 Å². The zero-order valence-corrected chi connectivity index (χ0v) is 14.0. The summed E-state index contributed by atoms with van der Waals surface area (Å²) in [6, 6.07) is 7.50. The summed E-state index contributed by atoms with van der Waals surface area (Å²) < 4.78 is 14.7. The number of nitrogens with zero attached hydrogens (tertiary/aromatic N) is 4. The summed E-state index contributed by atoms with van der Waals surface area (Å²) >= 11 is 0. The SMILES string of the molecule is CC(C)C(Cn1ccnn1)NC(=O)c1cc(-c2ccc(F)cc2)n[nH]1. The zero-order chi connectivity index (χ0) is 17.8. The largest absolute Gasteiger partial charge is 0.346 e. The molecule has 8 heteroatoms. The van der Waals surface area contributed by atoms with Crippen LogP contribution in [0.5, 0.6) is 0 Å². The molecule has 1 atom stereocenters. The number of carbonyl (C=O) groups is 1. The average molecular weight is 342 g/mol. The lowest BCUT2D eigenvalue weighted by Gasteiger charge is -2.21. The molecule has 2 heterocycles. The fourth-order valence-corrected chi connectivity index (χ4v) is 2.41. The van der Waals surface area contributed by atoms with Gasteiger partial charge in [-0.2, -0.15) is 5.10 Å². The number of amides is 1. The van der Waals surface area contributed by atoms with Gasteiger partial charge in [-0.1, -0.05) is 19.1 Å². The van der Waals surface area contributed by atoms with Crippen molar-refractivity contribution in [2.24, 2.45) is 5.92 Å². The van der Waals surface area contributed by atoms with Crippen molar-refractivity contribution < 1.29 is 9.18 Å². The van der Waals surface area contributed by atoms with Crippen molar-refractivity contribution in [3.05, 3.63) is 54.2 Å². The van der Waals surface area contributed by atoms with E-state index < -0.39 is 0 Å². The Hall–Kier alpha value is -3.03. The summed E-state index contributed by atoms with van der Waals surface area (Å²) in [5.41, 5.74) is 1.67. The predicted molar refractivity (Wildman–Crippen MR) is 90.1 cm³/mol. The Kier molecular flexibility index (Phi) is 4.87.